The molecule has 3 aromatic rings. The number of aromatic nitrogens is 3. The molecule has 41 heavy (non-hydrogen) atoms. The summed E-state index contributed by atoms with van der Waals surface area (Å²) in [5.41, 5.74) is -1.97. The van der Waals surface area contributed by atoms with Crippen LogP contribution in [0.5, 0.6) is 0 Å². The quantitative estimate of drug-likeness (QED) is 0.307. The molecule has 1 aliphatic heterocycles. The number of carbonyl (C=O) groups excluding carboxylic acids is 1. The van der Waals surface area contributed by atoms with E-state index in [2.05, 4.69) is 10.1 Å². The van der Waals surface area contributed by atoms with Gasteiger partial charge in [0.15, 0.2) is 0 Å². The van der Waals surface area contributed by atoms with Gasteiger partial charge in [-0.25, -0.2) is 14.2 Å². The van der Waals surface area contributed by atoms with Crippen molar-refractivity contribution >= 4 is 6.03 Å². The fourth-order valence-corrected chi connectivity index (χ4v) is 4.95. The van der Waals surface area contributed by atoms with E-state index in [1.165, 1.54) is 30.4 Å². The Kier molecular flexibility index (Phi) is 8.90. The molecule has 2 atom stereocenters. The number of ether oxygens (including phenoxy) is 1. The summed E-state index contributed by atoms with van der Waals surface area (Å²) in [6.07, 6.45) is -6.52. The zero-order chi connectivity index (χ0) is 29.9. The van der Waals surface area contributed by atoms with Gasteiger partial charge in [0.1, 0.15) is 18.5 Å². The average Bonchev–Trinajstić information content (AvgIpc) is 3.41. The van der Waals surface area contributed by atoms with E-state index >= 15 is 0 Å². The number of amides is 2. The first-order chi connectivity index (χ1) is 19.2. The predicted octanol–water partition coefficient (Wildman–Crippen LogP) is 6.24. The number of rotatable bonds is 7. The van der Waals surface area contributed by atoms with Crippen molar-refractivity contribution in [3.63, 3.8) is 0 Å². The number of piperidine rings is 1. The van der Waals surface area contributed by atoms with Gasteiger partial charge in [-0.2, -0.15) is 31.4 Å². The fraction of sp³-hybridized carbons (Fsp3) is 0.444. The van der Waals surface area contributed by atoms with Crippen LogP contribution in [0.25, 0.3) is 0 Å². The number of carbonyl (C=O) groups is 1. The summed E-state index contributed by atoms with van der Waals surface area (Å²) in [6.45, 7) is 2.19. The topological polar surface area (TPSA) is 63.5 Å². The first-order valence-electron chi connectivity index (χ1n) is 12.7. The molecule has 0 aliphatic carbocycles. The number of aryl methyl sites for hydroxylation is 1. The Balaban J connectivity index is 1.54. The van der Waals surface area contributed by atoms with Crippen molar-refractivity contribution in [3.05, 3.63) is 82.7 Å². The Morgan fingerprint density at radius 2 is 1.76 bits per heavy atom. The molecule has 0 unspecified atom stereocenters. The molecule has 0 radical (unpaired) electrons. The lowest BCUT2D eigenvalue weighted by Crippen LogP contribution is -2.48. The maximum atomic E-state index is 13.9. The van der Waals surface area contributed by atoms with Crippen LogP contribution < -0.4 is 0 Å². The van der Waals surface area contributed by atoms with Crippen LogP contribution in [0.1, 0.15) is 46.7 Å². The molecular weight excluding hydrogens is 559 g/mol. The number of hydrogen-bond acceptors (Lipinski definition) is 4. The predicted molar refractivity (Wildman–Crippen MR) is 133 cm³/mol. The van der Waals surface area contributed by atoms with E-state index in [4.69, 9.17) is 4.74 Å². The highest BCUT2D eigenvalue weighted by Gasteiger charge is 2.38. The molecular formula is C27H28F7N5O2. The summed E-state index contributed by atoms with van der Waals surface area (Å²) in [4.78, 5) is 20.0. The summed E-state index contributed by atoms with van der Waals surface area (Å²) in [6, 6.07) is 4.27. The third-order valence-electron chi connectivity index (χ3n) is 6.93. The minimum atomic E-state index is -5.00. The Morgan fingerprint density at radius 3 is 2.34 bits per heavy atom. The number of benzene rings is 2. The van der Waals surface area contributed by atoms with Crippen LogP contribution in [-0.4, -0.2) is 56.9 Å². The Hall–Kier alpha value is -3.68. The summed E-state index contributed by atoms with van der Waals surface area (Å²) in [5.74, 6) is -0.456. The highest BCUT2D eigenvalue weighted by molar-refractivity contribution is 5.75. The van der Waals surface area contributed by atoms with Crippen molar-refractivity contribution in [2.75, 3.05) is 20.2 Å². The Bertz CT molecular complexity index is 1310. The van der Waals surface area contributed by atoms with Crippen molar-refractivity contribution in [3.8, 4) is 0 Å². The van der Waals surface area contributed by atoms with Crippen LogP contribution in [0.2, 0.25) is 0 Å². The van der Waals surface area contributed by atoms with Gasteiger partial charge < -0.3 is 14.5 Å². The standard InChI is InChI=1S/C27H28F7N5O2/c1-17-9-21(28)3-4-23(17)24-13-22(41-8-7-38-16-35-15-36-38)5-6-39(24)25(40)37(2)14-18-10-19(26(29,30)31)12-20(11-18)27(32,33)34/h3-4,9-12,15-16,22,24H,5-8,13-14H2,1-2H3/t22-,24+/m0/s1. The summed E-state index contributed by atoms with van der Waals surface area (Å²) in [5, 5.41) is 4.01. The molecule has 4 rings (SSSR count). The monoisotopic (exact) mass is 587 g/mol. The summed E-state index contributed by atoms with van der Waals surface area (Å²) < 4.78 is 101. The number of halogens is 7. The first-order valence-corrected chi connectivity index (χ1v) is 12.7. The SMILES string of the molecule is Cc1cc(F)ccc1[C@H]1C[C@@H](OCCn2cncn2)CCN1C(=O)N(C)Cc1cc(C(F)(F)F)cc(C(F)(F)F)c1. The molecule has 0 spiro atoms. The minimum Gasteiger partial charge on any atom is -0.376 e. The molecule has 2 aromatic carbocycles. The molecule has 1 aromatic heterocycles. The molecule has 0 bridgehead atoms. The van der Waals surface area contributed by atoms with Gasteiger partial charge in [-0.3, -0.25) is 4.68 Å². The zero-order valence-electron chi connectivity index (χ0n) is 22.2. The Morgan fingerprint density at radius 1 is 1.07 bits per heavy atom. The number of alkyl halides is 6. The van der Waals surface area contributed by atoms with Gasteiger partial charge >= 0.3 is 18.4 Å². The van der Waals surface area contributed by atoms with Gasteiger partial charge in [0.25, 0.3) is 0 Å². The van der Waals surface area contributed by atoms with Crippen LogP contribution in [0.15, 0.2) is 49.1 Å². The number of hydrogen-bond donors (Lipinski definition) is 0. The van der Waals surface area contributed by atoms with E-state index in [1.54, 1.807) is 24.0 Å². The molecule has 1 aliphatic rings. The molecule has 1 fully saturated rings. The van der Waals surface area contributed by atoms with Gasteiger partial charge in [-0.15, -0.1) is 0 Å². The molecule has 0 N–H and O–H groups in total. The van der Waals surface area contributed by atoms with Crippen molar-refractivity contribution in [1.29, 1.82) is 0 Å². The lowest BCUT2D eigenvalue weighted by atomic mass is 9.90. The van der Waals surface area contributed by atoms with Gasteiger partial charge in [0.05, 0.1) is 36.4 Å². The third kappa shape index (κ3) is 7.54. The maximum Gasteiger partial charge on any atom is 0.416 e. The van der Waals surface area contributed by atoms with Gasteiger partial charge in [-0.05, 0) is 66.8 Å². The lowest BCUT2D eigenvalue weighted by molar-refractivity contribution is -0.143. The number of urea groups is 1. The van der Waals surface area contributed by atoms with Gasteiger partial charge in [0, 0.05) is 20.1 Å². The van der Waals surface area contributed by atoms with Crippen molar-refractivity contribution < 1.29 is 40.3 Å². The van der Waals surface area contributed by atoms with Crippen molar-refractivity contribution in [2.45, 2.75) is 57.4 Å². The smallest absolute Gasteiger partial charge is 0.376 e. The minimum absolute atomic E-state index is 0.0479. The van der Waals surface area contributed by atoms with Crippen LogP contribution >= 0.6 is 0 Å². The lowest BCUT2D eigenvalue weighted by Gasteiger charge is -2.42. The van der Waals surface area contributed by atoms with Crippen molar-refractivity contribution in [1.82, 2.24) is 24.6 Å². The highest BCUT2D eigenvalue weighted by atomic mass is 19.4. The second-order valence-corrected chi connectivity index (χ2v) is 9.94. The van der Waals surface area contributed by atoms with E-state index < -0.39 is 47.9 Å². The molecule has 7 nitrogen and oxygen atoms in total. The van der Waals surface area contributed by atoms with Gasteiger partial charge in [-0.1, -0.05) is 6.07 Å². The Labute approximate surface area is 231 Å². The average molecular weight is 588 g/mol. The second kappa shape index (κ2) is 12.0. The van der Waals surface area contributed by atoms with Crippen molar-refractivity contribution in [2.24, 2.45) is 0 Å². The second-order valence-electron chi connectivity index (χ2n) is 9.94. The van der Waals surface area contributed by atoms with Crippen LogP contribution in [0.3, 0.4) is 0 Å². The van der Waals surface area contributed by atoms with Crippen LogP contribution in [-0.2, 0) is 30.2 Å². The molecule has 0 saturated carbocycles. The molecule has 1 saturated heterocycles. The molecule has 14 heteroatoms. The van der Waals surface area contributed by atoms with E-state index in [0.717, 1.165) is 4.90 Å². The number of nitrogens with zero attached hydrogens (tertiary/aromatic N) is 5. The third-order valence-corrected chi connectivity index (χ3v) is 6.93. The molecule has 2 heterocycles. The largest absolute Gasteiger partial charge is 0.416 e. The van der Waals surface area contributed by atoms with E-state index in [0.29, 0.717) is 49.3 Å². The van der Waals surface area contributed by atoms with E-state index in [9.17, 15) is 35.5 Å². The first kappa shape index (κ1) is 30.3. The van der Waals surface area contributed by atoms with Gasteiger partial charge in [0.2, 0.25) is 0 Å². The van der Waals surface area contributed by atoms with Crippen LogP contribution in [0.4, 0.5) is 35.5 Å². The zero-order valence-corrected chi connectivity index (χ0v) is 22.2. The normalized spacial score (nSPS) is 18.0. The van der Waals surface area contributed by atoms with Crippen LogP contribution in [0, 0.1) is 12.7 Å². The van der Waals surface area contributed by atoms with E-state index in [1.807, 2.05) is 0 Å². The summed E-state index contributed by atoms with van der Waals surface area (Å²) >= 11 is 0. The number of likely N-dealkylation sites (tertiary alicyclic amines) is 1. The van der Waals surface area contributed by atoms with E-state index in [-0.39, 0.29) is 24.3 Å². The fourth-order valence-electron chi connectivity index (χ4n) is 4.95. The highest BCUT2D eigenvalue weighted by Crippen LogP contribution is 2.38. The summed E-state index contributed by atoms with van der Waals surface area (Å²) in [7, 11) is 1.31. The maximum absolute atomic E-state index is 13.9. The molecule has 222 valence electrons. The molecule has 2 amide bonds.